The Morgan fingerprint density at radius 2 is 2.05 bits per heavy atom. The average Bonchev–Trinajstić information content (AvgIpc) is 2.76. The molecule has 1 aromatic carbocycles. The first-order valence-electron chi connectivity index (χ1n) is 6.15. The zero-order valence-electron chi connectivity index (χ0n) is 10.9. The lowest BCUT2D eigenvalue weighted by Crippen LogP contribution is -1.87. The Hall–Kier alpha value is -2.60. The Morgan fingerprint density at radius 3 is 2.79 bits per heavy atom. The zero-order chi connectivity index (χ0) is 13.4. The molecule has 0 unspecified atom stereocenters. The molecule has 19 heavy (non-hydrogen) atoms. The summed E-state index contributed by atoms with van der Waals surface area (Å²) in [6, 6.07) is 11.9. The minimum atomic E-state index is 0.684. The normalized spacial score (nSPS) is 10.6. The number of benzene rings is 1. The van der Waals surface area contributed by atoms with Gasteiger partial charge in [0.15, 0.2) is 0 Å². The average molecular weight is 247 g/mol. The fraction of sp³-hybridized carbons (Fsp3) is 0.125. The molecular weight excluding hydrogens is 234 g/mol. The molecule has 1 N–H and O–H groups in total. The quantitative estimate of drug-likeness (QED) is 0.712. The molecule has 3 rings (SSSR count). The second kappa shape index (κ2) is 4.25. The van der Waals surface area contributed by atoms with E-state index in [1.54, 1.807) is 6.20 Å². The highest BCUT2D eigenvalue weighted by Gasteiger charge is 2.11. The van der Waals surface area contributed by atoms with Crippen LogP contribution in [0.3, 0.4) is 0 Å². The molecule has 0 fully saturated rings. The molecule has 2 heterocycles. The van der Waals surface area contributed by atoms with Crippen molar-refractivity contribution < 1.29 is 0 Å². The molecule has 0 atom stereocenters. The molecule has 0 amide bonds. The van der Waals surface area contributed by atoms with Gasteiger partial charge in [-0.25, -0.2) is 0 Å². The van der Waals surface area contributed by atoms with Crippen LogP contribution >= 0.6 is 0 Å². The van der Waals surface area contributed by atoms with Gasteiger partial charge in [-0.2, -0.15) is 5.26 Å². The second-order valence-electron chi connectivity index (χ2n) is 4.63. The van der Waals surface area contributed by atoms with Crippen LogP contribution in [0.5, 0.6) is 0 Å². The second-order valence-corrected chi connectivity index (χ2v) is 4.63. The van der Waals surface area contributed by atoms with E-state index in [2.05, 4.69) is 29.0 Å². The summed E-state index contributed by atoms with van der Waals surface area (Å²) in [6.45, 7) is 4.07. The van der Waals surface area contributed by atoms with Gasteiger partial charge in [0.05, 0.1) is 17.3 Å². The fourth-order valence-corrected chi connectivity index (χ4v) is 2.41. The van der Waals surface area contributed by atoms with Crippen molar-refractivity contribution in [2.45, 2.75) is 13.8 Å². The maximum atomic E-state index is 8.99. The number of H-pyrrole nitrogens is 1. The molecule has 0 saturated heterocycles. The van der Waals surface area contributed by atoms with E-state index in [1.165, 1.54) is 0 Å². The monoisotopic (exact) mass is 247 g/mol. The number of aromatic amines is 1. The Balaban J connectivity index is 2.30. The molecule has 0 aliphatic rings. The van der Waals surface area contributed by atoms with Gasteiger partial charge in [0, 0.05) is 28.4 Å². The van der Waals surface area contributed by atoms with Crippen LogP contribution in [0.2, 0.25) is 0 Å². The van der Waals surface area contributed by atoms with Gasteiger partial charge >= 0.3 is 0 Å². The van der Waals surface area contributed by atoms with E-state index in [-0.39, 0.29) is 0 Å². The summed E-state index contributed by atoms with van der Waals surface area (Å²) < 4.78 is 0. The van der Waals surface area contributed by atoms with E-state index in [0.717, 1.165) is 33.4 Å². The van der Waals surface area contributed by atoms with Crippen molar-refractivity contribution in [2.75, 3.05) is 0 Å². The number of nitrogens with zero attached hydrogens (tertiary/aromatic N) is 2. The lowest BCUT2D eigenvalue weighted by Gasteiger charge is -2.03. The maximum Gasteiger partial charge on any atom is 0.0991 e. The first kappa shape index (κ1) is 11.5. The topological polar surface area (TPSA) is 52.5 Å². The van der Waals surface area contributed by atoms with Crippen molar-refractivity contribution in [3.8, 4) is 17.3 Å². The molecule has 92 valence electrons. The number of hydrogen-bond donors (Lipinski definition) is 1. The van der Waals surface area contributed by atoms with Gasteiger partial charge < -0.3 is 4.98 Å². The standard InChI is InChI=1S/C16H13N3/c1-10-14-8-12(9-17)5-6-15(14)19-16(10)13-4-3-7-18-11(13)2/h3-8,19H,1-2H3. The first-order chi connectivity index (χ1) is 9.20. The van der Waals surface area contributed by atoms with Crippen molar-refractivity contribution in [3.63, 3.8) is 0 Å². The molecule has 0 spiro atoms. The lowest BCUT2D eigenvalue weighted by molar-refractivity contribution is 1.19. The molecule has 0 bridgehead atoms. The number of aromatic nitrogens is 2. The Morgan fingerprint density at radius 1 is 1.21 bits per heavy atom. The van der Waals surface area contributed by atoms with Gasteiger partial charge in [0.2, 0.25) is 0 Å². The van der Waals surface area contributed by atoms with Crippen LogP contribution in [0.25, 0.3) is 22.2 Å². The van der Waals surface area contributed by atoms with E-state index in [1.807, 2.05) is 31.2 Å². The van der Waals surface area contributed by atoms with Crippen molar-refractivity contribution in [1.29, 1.82) is 5.26 Å². The molecular formula is C16H13N3. The number of fused-ring (bicyclic) bond motifs is 1. The molecule has 0 aliphatic heterocycles. The summed E-state index contributed by atoms with van der Waals surface area (Å²) >= 11 is 0. The SMILES string of the molecule is Cc1ncccc1-c1[nH]c2ccc(C#N)cc2c1C. The van der Waals surface area contributed by atoms with Crippen molar-refractivity contribution >= 4 is 10.9 Å². The van der Waals surface area contributed by atoms with Gasteiger partial charge in [-0.05, 0) is 49.7 Å². The van der Waals surface area contributed by atoms with Crippen LogP contribution in [0.15, 0.2) is 36.5 Å². The van der Waals surface area contributed by atoms with Crippen molar-refractivity contribution in [3.05, 3.63) is 53.3 Å². The predicted molar refractivity (Wildman–Crippen MR) is 75.7 cm³/mol. The third kappa shape index (κ3) is 1.78. The molecule has 0 aliphatic carbocycles. The molecule has 0 radical (unpaired) electrons. The van der Waals surface area contributed by atoms with Gasteiger partial charge in [-0.3, -0.25) is 4.98 Å². The molecule has 2 aromatic heterocycles. The van der Waals surface area contributed by atoms with Crippen molar-refractivity contribution in [1.82, 2.24) is 9.97 Å². The summed E-state index contributed by atoms with van der Waals surface area (Å²) in [7, 11) is 0. The minimum Gasteiger partial charge on any atom is -0.354 e. The fourth-order valence-electron chi connectivity index (χ4n) is 2.41. The summed E-state index contributed by atoms with van der Waals surface area (Å²) in [6.07, 6.45) is 1.80. The third-order valence-corrected chi connectivity index (χ3v) is 3.46. The summed E-state index contributed by atoms with van der Waals surface area (Å²) in [4.78, 5) is 7.75. The van der Waals surface area contributed by atoms with Crippen LogP contribution < -0.4 is 0 Å². The number of nitrogens with one attached hydrogen (secondary N) is 1. The number of hydrogen-bond acceptors (Lipinski definition) is 2. The highest BCUT2D eigenvalue weighted by Crippen LogP contribution is 2.31. The highest BCUT2D eigenvalue weighted by molar-refractivity contribution is 5.91. The van der Waals surface area contributed by atoms with Crippen LogP contribution in [0.1, 0.15) is 16.8 Å². The minimum absolute atomic E-state index is 0.684. The van der Waals surface area contributed by atoms with Crippen molar-refractivity contribution in [2.24, 2.45) is 0 Å². The summed E-state index contributed by atoms with van der Waals surface area (Å²) in [5.41, 5.74) is 6.07. The van der Waals surface area contributed by atoms with E-state index in [0.29, 0.717) is 5.56 Å². The first-order valence-corrected chi connectivity index (χ1v) is 6.15. The van der Waals surface area contributed by atoms with Gasteiger partial charge in [0.1, 0.15) is 0 Å². The Bertz CT molecular complexity index is 806. The summed E-state index contributed by atoms with van der Waals surface area (Å²) in [5, 5.41) is 10.1. The maximum absolute atomic E-state index is 8.99. The van der Waals surface area contributed by atoms with Gasteiger partial charge in [0.25, 0.3) is 0 Å². The Kier molecular flexibility index (Phi) is 2.57. The third-order valence-electron chi connectivity index (χ3n) is 3.46. The zero-order valence-corrected chi connectivity index (χ0v) is 10.9. The van der Waals surface area contributed by atoms with Gasteiger partial charge in [-0.1, -0.05) is 0 Å². The van der Waals surface area contributed by atoms with Crippen LogP contribution in [0, 0.1) is 25.2 Å². The molecule has 3 aromatic rings. The highest BCUT2D eigenvalue weighted by atomic mass is 14.7. The van der Waals surface area contributed by atoms with Crippen LogP contribution in [0.4, 0.5) is 0 Å². The largest absolute Gasteiger partial charge is 0.354 e. The van der Waals surface area contributed by atoms with E-state index >= 15 is 0 Å². The number of aryl methyl sites for hydroxylation is 2. The number of pyridine rings is 1. The summed E-state index contributed by atoms with van der Waals surface area (Å²) in [5.74, 6) is 0. The van der Waals surface area contributed by atoms with Crippen LogP contribution in [-0.2, 0) is 0 Å². The lowest BCUT2D eigenvalue weighted by atomic mass is 10.0. The van der Waals surface area contributed by atoms with Gasteiger partial charge in [-0.15, -0.1) is 0 Å². The smallest absolute Gasteiger partial charge is 0.0991 e. The number of nitriles is 1. The predicted octanol–water partition coefficient (Wildman–Crippen LogP) is 3.72. The number of rotatable bonds is 1. The molecule has 3 nitrogen and oxygen atoms in total. The van der Waals surface area contributed by atoms with E-state index in [4.69, 9.17) is 5.26 Å². The van der Waals surface area contributed by atoms with E-state index in [9.17, 15) is 0 Å². The molecule has 3 heteroatoms. The van der Waals surface area contributed by atoms with E-state index < -0.39 is 0 Å². The molecule has 0 saturated carbocycles. The Labute approximate surface area is 111 Å². The van der Waals surface area contributed by atoms with Crippen LogP contribution in [-0.4, -0.2) is 9.97 Å².